The molecule has 2 N–H and O–H groups in total. The number of allylic oxidation sites excluding steroid dienone is 1. The number of anilines is 1. The second-order valence-corrected chi connectivity index (χ2v) is 9.19. The van der Waals surface area contributed by atoms with Gasteiger partial charge in [-0.05, 0) is 50.8 Å². The maximum Gasteiger partial charge on any atom is 0.419 e. The number of rotatable bonds is 4. The van der Waals surface area contributed by atoms with E-state index < -0.39 is 17.6 Å². The number of ether oxygens (including phenoxy) is 1. The summed E-state index contributed by atoms with van der Waals surface area (Å²) in [5.74, 6) is -0.0575. The molecule has 9 heteroatoms. The quantitative estimate of drug-likeness (QED) is 0.753. The zero-order valence-corrected chi connectivity index (χ0v) is 18.3. The second-order valence-electron chi connectivity index (χ2n) is 9.19. The number of hydrogen-bond acceptors (Lipinski definition) is 5. The number of nitrogens with zero attached hydrogens (tertiary/aromatic N) is 4. The SMILES string of the molecule is CC(C)n1nc(-c2cnc(N)c(C(F)(F)F)c2)cc1C1=C2CC(N3CCCOCC3)C[C@H]21. The normalized spacial score (nSPS) is 24.2. The summed E-state index contributed by atoms with van der Waals surface area (Å²) in [7, 11) is 0. The summed E-state index contributed by atoms with van der Waals surface area (Å²) in [6.45, 7) is 7.77. The van der Waals surface area contributed by atoms with Crippen LogP contribution in [0.1, 0.15) is 50.4 Å². The Bertz CT molecular complexity index is 1050. The number of nitrogens with two attached hydrogens (primary N) is 1. The van der Waals surface area contributed by atoms with E-state index in [-0.39, 0.29) is 6.04 Å². The fourth-order valence-electron chi connectivity index (χ4n) is 5.17. The Hall–Kier alpha value is -2.39. The van der Waals surface area contributed by atoms with Gasteiger partial charge in [-0.25, -0.2) is 4.98 Å². The van der Waals surface area contributed by atoms with Crippen molar-refractivity contribution in [2.45, 2.75) is 51.4 Å². The molecule has 0 aromatic carbocycles. The van der Waals surface area contributed by atoms with Gasteiger partial charge in [0.05, 0.1) is 23.6 Å². The molecule has 1 aliphatic heterocycles. The number of halogens is 3. The second kappa shape index (κ2) is 7.88. The number of aromatic nitrogens is 3. The van der Waals surface area contributed by atoms with E-state index >= 15 is 0 Å². The molecule has 1 unspecified atom stereocenters. The highest BCUT2D eigenvalue weighted by Gasteiger charge is 2.48. The smallest absolute Gasteiger partial charge is 0.383 e. The first-order chi connectivity index (χ1) is 15.2. The van der Waals surface area contributed by atoms with Crippen LogP contribution in [-0.4, -0.2) is 52.0 Å². The van der Waals surface area contributed by atoms with Gasteiger partial charge < -0.3 is 10.5 Å². The van der Waals surface area contributed by atoms with E-state index in [1.54, 1.807) is 0 Å². The number of fused-ring (bicyclic) bond motifs is 1. The lowest BCUT2D eigenvalue weighted by molar-refractivity contribution is -0.137. The number of alkyl halides is 3. The van der Waals surface area contributed by atoms with Crippen LogP contribution in [0, 0.1) is 5.92 Å². The molecule has 6 nitrogen and oxygen atoms in total. The zero-order valence-electron chi connectivity index (χ0n) is 18.3. The van der Waals surface area contributed by atoms with Crippen molar-refractivity contribution in [2.24, 2.45) is 5.92 Å². The van der Waals surface area contributed by atoms with E-state index in [4.69, 9.17) is 10.5 Å². The molecule has 0 bridgehead atoms. The van der Waals surface area contributed by atoms with Gasteiger partial charge >= 0.3 is 6.18 Å². The molecule has 3 heterocycles. The highest BCUT2D eigenvalue weighted by Crippen LogP contribution is 2.58. The molecule has 2 fully saturated rings. The summed E-state index contributed by atoms with van der Waals surface area (Å²) in [5, 5.41) is 4.65. The zero-order chi connectivity index (χ0) is 22.6. The van der Waals surface area contributed by atoms with Crippen molar-refractivity contribution < 1.29 is 17.9 Å². The summed E-state index contributed by atoms with van der Waals surface area (Å²) < 4.78 is 47.4. The van der Waals surface area contributed by atoms with Gasteiger partial charge in [-0.2, -0.15) is 18.3 Å². The van der Waals surface area contributed by atoms with Gasteiger partial charge in [0.2, 0.25) is 0 Å². The van der Waals surface area contributed by atoms with Crippen LogP contribution in [0.2, 0.25) is 0 Å². The Morgan fingerprint density at radius 2 is 2.00 bits per heavy atom. The first-order valence-corrected chi connectivity index (χ1v) is 11.2. The number of nitrogen functional groups attached to an aromatic ring is 1. The van der Waals surface area contributed by atoms with Gasteiger partial charge in [0.1, 0.15) is 5.82 Å². The van der Waals surface area contributed by atoms with Crippen LogP contribution >= 0.6 is 0 Å². The molecule has 0 amide bonds. The predicted molar refractivity (Wildman–Crippen MR) is 116 cm³/mol. The lowest BCUT2D eigenvalue weighted by Crippen LogP contribution is -2.36. The van der Waals surface area contributed by atoms with Crippen LogP contribution in [-0.2, 0) is 10.9 Å². The lowest BCUT2D eigenvalue weighted by Gasteiger charge is -2.27. The molecule has 32 heavy (non-hydrogen) atoms. The third kappa shape index (κ3) is 3.81. The minimum absolute atomic E-state index is 0.0931. The third-order valence-corrected chi connectivity index (χ3v) is 6.79. The molecular weight excluding hydrogens is 419 g/mol. The summed E-state index contributed by atoms with van der Waals surface area (Å²) in [4.78, 5) is 6.32. The van der Waals surface area contributed by atoms with Gasteiger partial charge in [-0.3, -0.25) is 9.58 Å². The molecule has 0 radical (unpaired) electrons. The Morgan fingerprint density at radius 3 is 2.69 bits per heavy atom. The Labute approximate surface area is 185 Å². The van der Waals surface area contributed by atoms with E-state index in [0.29, 0.717) is 23.2 Å². The monoisotopic (exact) mass is 447 g/mol. The van der Waals surface area contributed by atoms with Crippen LogP contribution in [0.5, 0.6) is 0 Å². The molecule has 2 aromatic rings. The fraction of sp³-hybridized carbons (Fsp3) is 0.565. The summed E-state index contributed by atoms with van der Waals surface area (Å²) in [6.07, 6.45) is 0.0453. The average molecular weight is 448 g/mol. The maximum atomic E-state index is 13.3. The Morgan fingerprint density at radius 1 is 1.19 bits per heavy atom. The van der Waals surface area contributed by atoms with Crippen molar-refractivity contribution in [3.63, 3.8) is 0 Å². The van der Waals surface area contributed by atoms with Crippen molar-refractivity contribution in [3.05, 3.63) is 35.2 Å². The van der Waals surface area contributed by atoms with Crippen molar-refractivity contribution in [3.8, 4) is 11.3 Å². The largest absolute Gasteiger partial charge is 0.419 e. The molecule has 1 saturated carbocycles. The molecule has 3 aliphatic rings. The van der Waals surface area contributed by atoms with Gasteiger partial charge in [-0.1, -0.05) is 5.57 Å². The first-order valence-electron chi connectivity index (χ1n) is 11.2. The summed E-state index contributed by atoms with van der Waals surface area (Å²) >= 11 is 0. The van der Waals surface area contributed by atoms with E-state index in [2.05, 4.69) is 15.0 Å². The highest BCUT2D eigenvalue weighted by atomic mass is 19.4. The van der Waals surface area contributed by atoms with Crippen LogP contribution in [0.25, 0.3) is 16.8 Å². The van der Waals surface area contributed by atoms with Crippen molar-refractivity contribution >= 4 is 11.4 Å². The summed E-state index contributed by atoms with van der Waals surface area (Å²) in [5.41, 5.74) is 9.16. The minimum Gasteiger partial charge on any atom is -0.383 e. The molecule has 2 aromatic heterocycles. The van der Waals surface area contributed by atoms with Gasteiger partial charge in [0, 0.05) is 49.5 Å². The summed E-state index contributed by atoms with van der Waals surface area (Å²) in [6, 6.07) is 3.60. The van der Waals surface area contributed by atoms with Crippen LogP contribution < -0.4 is 5.73 Å². The number of hydrogen-bond donors (Lipinski definition) is 1. The van der Waals surface area contributed by atoms with Crippen molar-refractivity contribution in [1.29, 1.82) is 0 Å². The van der Waals surface area contributed by atoms with E-state index in [0.717, 1.165) is 57.3 Å². The van der Waals surface area contributed by atoms with Crippen LogP contribution in [0.15, 0.2) is 23.9 Å². The van der Waals surface area contributed by atoms with Gasteiger partial charge in [-0.15, -0.1) is 0 Å². The van der Waals surface area contributed by atoms with E-state index in [1.807, 2.05) is 24.6 Å². The molecule has 172 valence electrons. The molecule has 1 saturated heterocycles. The minimum atomic E-state index is -4.55. The standard InChI is InChI=1S/C23H28F3N5O/c1-13(2)31-20(11-19(29-31)14-8-18(23(24,25)26)22(27)28-12-14)21-16-9-15(10-17(16)21)30-4-3-6-32-7-5-30/h8,11-13,15-16H,3-7,9-10H2,1-2H3,(H2,27,28)/t15?,16-/m1/s1. The maximum absolute atomic E-state index is 13.3. The topological polar surface area (TPSA) is 69.2 Å². The van der Waals surface area contributed by atoms with Crippen molar-refractivity contribution in [1.82, 2.24) is 19.7 Å². The Kier molecular flexibility index (Phi) is 5.28. The third-order valence-electron chi connectivity index (χ3n) is 6.79. The molecule has 0 spiro atoms. The van der Waals surface area contributed by atoms with E-state index in [9.17, 15) is 13.2 Å². The van der Waals surface area contributed by atoms with E-state index in [1.165, 1.54) is 17.3 Å². The Balaban J connectivity index is 1.42. The molecule has 2 aliphatic carbocycles. The average Bonchev–Trinajstić information content (AvgIpc) is 3.06. The first kappa shape index (κ1) is 21.5. The van der Waals surface area contributed by atoms with Gasteiger partial charge in [0.15, 0.2) is 0 Å². The highest BCUT2D eigenvalue weighted by molar-refractivity contribution is 5.87. The number of pyridine rings is 1. The predicted octanol–water partition coefficient (Wildman–Crippen LogP) is 4.40. The van der Waals surface area contributed by atoms with Crippen LogP contribution in [0.3, 0.4) is 0 Å². The fourth-order valence-corrected chi connectivity index (χ4v) is 5.17. The molecule has 5 rings (SSSR count). The van der Waals surface area contributed by atoms with Crippen LogP contribution in [0.4, 0.5) is 19.0 Å². The molecule has 2 atom stereocenters. The lowest BCUT2D eigenvalue weighted by atomic mass is 10.1. The van der Waals surface area contributed by atoms with Crippen molar-refractivity contribution in [2.75, 3.05) is 32.0 Å². The molecular formula is C23H28F3N5O. The van der Waals surface area contributed by atoms with Gasteiger partial charge in [0.25, 0.3) is 0 Å².